The van der Waals surface area contributed by atoms with Gasteiger partial charge in [-0.15, -0.1) is 0 Å². The molecule has 20 heavy (non-hydrogen) atoms. The van der Waals surface area contributed by atoms with Crippen molar-refractivity contribution in [2.24, 2.45) is 5.92 Å². The van der Waals surface area contributed by atoms with Gasteiger partial charge in [-0.05, 0) is 46.0 Å². The number of carbonyl (C=O) groups excluding carboxylic acids is 1. The van der Waals surface area contributed by atoms with Gasteiger partial charge in [0.2, 0.25) is 0 Å². The van der Waals surface area contributed by atoms with Gasteiger partial charge in [-0.1, -0.05) is 13.8 Å². The predicted octanol–water partition coefficient (Wildman–Crippen LogP) is 2.04. The number of ether oxygens (including phenoxy) is 1. The van der Waals surface area contributed by atoms with Crippen LogP contribution in [0.3, 0.4) is 0 Å². The van der Waals surface area contributed by atoms with Crippen LogP contribution in [0, 0.1) is 5.92 Å². The van der Waals surface area contributed by atoms with E-state index in [1.807, 2.05) is 20.8 Å². The number of alkyl carbamates (subject to hydrolysis) is 1. The molecule has 0 heterocycles. The minimum Gasteiger partial charge on any atom is -0.444 e. The van der Waals surface area contributed by atoms with Gasteiger partial charge in [0.1, 0.15) is 5.60 Å². The normalized spacial score (nSPS) is 24.8. The van der Waals surface area contributed by atoms with Gasteiger partial charge < -0.3 is 20.5 Å². The van der Waals surface area contributed by atoms with E-state index in [4.69, 9.17) is 4.74 Å². The van der Waals surface area contributed by atoms with E-state index in [0.29, 0.717) is 12.0 Å². The second-order valence-corrected chi connectivity index (χ2v) is 7.05. The zero-order chi connectivity index (χ0) is 15.3. The average molecular weight is 286 g/mol. The molecule has 0 saturated heterocycles. The monoisotopic (exact) mass is 286 g/mol. The van der Waals surface area contributed by atoms with Crippen molar-refractivity contribution in [3.8, 4) is 0 Å². The van der Waals surface area contributed by atoms with E-state index >= 15 is 0 Å². The second-order valence-electron chi connectivity index (χ2n) is 7.05. The predicted molar refractivity (Wildman–Crippen MR) is 79.6 cm³/mol. The quantitative estimate of drug-likeness (QED) is 0.723. The van der Waals surface area contributed by atoms with Crippen molar-refractivity contribution in [1.29, 1.82) is 0 Å². The van der Waals surface area contributed by atoms with E-state index in [2.05, 4.69) is 24.5 Å². The zero-order valence-corrected chi connectivity index (χ0v) is 13.4. The van der Waals surface area contributed by atoms with E-state index in [1.54, 1.807) is 0 Å². The lowest BCUT2D eigenvalue weighted by Crippen LogP contribution is -2.44. The molecule has 5 nitrogen and oxygen atoms in total. The second kappa shape index (κ2) is 7.27. The van der Waals surface area contributed by atoms with Crippen molar-refractivity contribution in [1.82, 2.24) is 10.6 Å². The summed E-state index contributed by atoms with van der Waals surface area (Å²) in [4.78, 5) is 11.7. The lowest BCUT2D eigenvalue weighted by molar-refractivity contribution is 0.0504. The van der Waals surface area contributed by atoms with Crippen LogP contribution in [0.5, 0.6) is 0 Å². The minimum absolute atomic E-state index is 0.125. The first-order valence-corrected chi connectivity index (χ1v) is 7.57. The maximum absolute atomic E-state index is 11.7. The summed E-state index contributed by atoms with van der Waals surface area (Å²) in [6.45, 7) is 9.93. The molecule has 0 aromatic carbocycles. The van der Waals surface area contributed by atoms with Crippen LogP contribution in [0.1, 0.15) is 53.9 Å². The highest BCUT2D eigenvalue weighted by molar-refractivity contribution is 5.68. The third kappa shape index (κ3) is 6.09. The first kappa shape index (κ1) is 17.2. The Kier molecular flexibility index (Phi) is 6.27. The maximum atomic E-state index is 11.7. The van der Waals surface area contributed by atoms with Crippen LogP contribution in [0.25, 0.3) is 0 Å². The number of carbonyl (C=O) groups is 1. The maximum Gasteiger partial charge on any atom is 0.407 e. The molecule has 3 atom stereocenters. The van der Waals surface area contributed by atoms with E-state index in [1.165, 1.54) is 0 Å². The van der Waals surface area contributed by atoms with Gasteiger partial charge in [0.15, 0.2) is 0 Å². The van der Waals surface area contributed by atoms with E-state index in [0.717, 1.165) is 19.3 Å². The van der Waals surface area contributed by atoms with Crippen LogP contribution in [0.15, 0.2) is 0 Å². The molecule has 1 rings (SSSR count). The van der Waals surface area contributed by atoms with Crippen molar-refractivity contribution in [2.45, 2.75) is 77.6 Å². The Morgan fingerprint density at radius 3 is 2.40 bits per heavy atom. The molecule has 118 valence electrons. The fourth-order valence-corrected chi connectivity index (χ4v) is 2.50. The third-order valence-corrected chi connectivity index (χ3v) is 3.60. The fraction of sp³-hybridized carbons (Fsp3) is 0.933. The lowest BCUT2D eigenvalue weighted by Gasteiger charge is -2.25. The van der Waals surface area contributed by atoms with E-state index in [9.17, 15) is 9.90 Å². The highest BCUT2D eigenvalue weighted by Crippen LogP contribution is 2.21. The summed E-state index contributed by atoms with van der Waals surface area (Å²) in [6, 6.07) is 0.642. The molecule has 0 bridgehead atoms. The number of hydrogen-bond donors (Lipinski definition) is 3. The molecule has 1 aliphatic carbocycles. The molecule has 1 amide bonds. The van der Waals surface area contributed by atoms with Gasteiger partial charge in [0, 0.05) is 18.1 Å². The Morgan fingerprint density at radius 2 is 1.90 bits per heavy atom. The molecule has 0 spiro atoms. The van der Waals surface area contributed by atoms with Crippen molar-refractivity contribution in [3.05, 3.63) is 0 Å². The van der Waals surface area contributed by atoms with Crippen molar-refractivity contribution in [3.63, 3.8) is 0 Å². The molecule has 1 saturated carbocycles. The van der Waals surface area contributed by atoms with Crippen LogP contribution in [-0.4, -0.2) is 41.5 Å². The molecule has 0 aromatic heterocycles. The van der Waals surface area contributed by atoms with E-state index in [-0.39, 0.29) is 24.8 Å². The van der Waals surface area contributed by atoms with Gasteiger partial charge in [-0.3, -0.25) is 0 Å². The molecule has 1 aliphatic rings. The zero-order valence-electron chi connectivity index (χ0n) is 13.4. The molecule has 0 aromatic rings. The Hall–Kier alpha value is -0.810. The van der Waals surface area contributed by atoms with Crippen LogP contribution >= 0.6 is 0 Å². The fourth-order valence-electron chi connectivity index (χ4n) is 2.50. The van der Waals surface area contributed by atoms with Crippen LogP contribution in [0.2, 0.25) is 0 Å². The van der Waals surface area contributed by atoms with Crippen LogP contribution in [0.4, 0.5) is 4.79 Å². The molecule has 1 fully saturated rings. The highest BCUT2D eigenvalue weighted by atomic mass is 16.6. The summed E-state index contributed by atoms with van der Waals surface area (Å²) in [5, 5.41) is 15.7. The Bertz CT molecular complexity index is 313. The lowest BCUT2D eigenvalue weighted by atomic mass is 10.0. The molecule has 0 aliphatic heterocycles. The Labute approximate surface area is 122 Å². The first-order valence-electron chi connectivity index (χ1n) is 7.57. The number of amides is 1. The smallest absolute Gasteiger partial charge is 0.407 e. The van der Waals surface area contributed by atoms with Crippen molar-refractivity contribution >= 4 is 6.09 Å². The van der Waals surface area contributed by atoms with Gasteiger partial charge >= 0.3 is 6.09 Å². The van der Waals surface area contributed by atoms with Crippen molar-refractivity contribution in [2.75, 3.05) is 6.61 Å². The molecular formula is C15H30N2O3. The minimum atomic E-state index is -0.458. The molecule has 3 unspecified atom stereocenters. The number of aliphatic hydroxyl groups is 1. The van der Waals surface area contributed by atoms with Gasteiger partial charge in [-0.25, -0.2) is 4.79 Å². The Morgan fingerprint density at radius 1 is 1.30 bits per heavy atom. The number of aliphatic hydroxyl groups excluding tert-OH is 1. The number of rotatable bonds is 5. The SMILES string of the molecule is CC(C)C(CO)NC1CCC(NC(=O)OC(C)(C)C)C1. The Balaban J connectivity index is 2.34. The summed E-state index contributed by atoms with van der Waals surface area (Å²) in [5.41, 5.74) is -0.458. The molecule has 3 N–H and O–H groups in total. The van der Waals surface area contributed by atoms with Crippen molar-refractivity contribution < 1.29 is 14.6 Å². The third-order valence-electron chi connectivity index (χ3n) is 3.60. The molecule has 0 radical (unpaired) electrons. The van der Waals surface area contributed by atoms with E-state index < -0.39 is 5.60 Å². The van der Waals surface area contributed by atoms with Crippen LogP contribution < -0.4 is 10.6 Å². The molecular weight excluding hydrogens is 256 g/mol. The van der Waals surface area contributed by atoms with Gasteiger partial charge in [0.25, 0.3) is 0 Å². The summed E-state index contributed by atoms with van der Waals surface area (Å²) >= 11 is 0. The topological polar surface area (TPSA) is 70.6 Å². The number of nitrogens with one attached hydrogen (secondary N) is 2. The summed E-state index contributed by atoms with van der Waals surface area (Å²) in [7, 11) is 0. The van der Waals surface area contributed by atoms with Gasteiger partial charge in [0.05, 0.1) is 6.61 Å². The summed E-state index contributed by atoms with van der Waals surface area (Å²) < 4.78 is 5.26. The first-order chi connectivity index (χ1) is 9.21. The number of hydrogen-bond acceptors (Lipinski definition) is 4. The molecule has 5 heteroatoms. The van der Waals surface area contributed by atoms with Gasteiger partial charge in [-0.2, -0.15) is 0 Å². The average Bonchev–Trinajstić information content (AvgIpc) is 2.70. The standard InChI is InChI=1S/C15H30N2O3/c1-10(2)13(9-18)16-11-6-7-12(8-11)17-14(19)20-15(3,4)5/h10-13,16,18H,6-9H2,1-5H3,(H,17,19). The summed E-state index contributed by atoms with van der Waals surface area (Å²) in [5.74, 6) is 0.401. The van der Waals surface area contributed by atoms with Crippen LogP contribution in [-0.2, 0) is 4.74 Å². The highest BCUT2D eigenvalue weighted by Gasteiger charge is 2.29. The summed E-state index contributed by atoms with van der Waals surface area (Å²) in [6.07, 6.45) is 2.52. The largest absolute Gasteiger partial charge is 0.444 e.